The van der Waals surface area contributed by atoms with Crippen LogP contribution in [0, 0.1) is 0 Å². The van der Waals surface area contributed by atoms with Crippen molar-refractivity contribution >= 4 is 8.07 Å². The highest BCUT2D eigenvalue weighted by Gasteiger charge is 2.36. The maximum Gasteiger partial charge on any atom is 0.0535 e. The molecule has 0 bridgehead atoms. The fraction of sp³-hybridized carbons (Fsp3) is 1.00. The summed E-state index contributed by atoms with van der Waals surface area (Å²) in [5.41, 5.74) is 0. The van der Waals surface area contributed by atoms with E-state index < -0.39 is 8.07 Å². The first kappa shape index (κ1) is 6.90. The third kappa shape index (κ3) is 1.16. The van der Waals surface area contributed by atoms with Gasteiger partial charge >= 0.3 is 0 Å². The second kappa shape index (κ2) is 2.69. The minimum atomic E-state index is -0.519. The Morgan fingerprint density at radius 1 is 0.500 bits per heavy atom. The molecule has 2 rings (SSSR count). The van der Waals surface area contributed by atoms with Crippen LogP contribution in [0.3, 0.4) is 0 Å². The molecule has 0 atom stereocenters. The van der Waals surface area contributed by atoms with E-state index in [0.29, 0.717) is 0 Å². The van der Waals surface area contributed by atoms with Crippen LogP contribution < -0.4 is 0 Å². The van der Waals surface area contributed by atoms with Gasteiger partial charge in [0.2, 0.25) is 0 Å². The molecule has 0 aromatic rings. The van der Waals surface area contributed by atoms with E-state index in [2.05, 4.69) is 0 Å². The third-order valence-electron chi connectivity index (χ3n) is 3.58. The van der Waals surface area contributed by atoms with Crippen LogP contribution in [0.4, 0.5) is 0 Å². The van der Waals surface area contributed by atoms with Crippen molar-refractivity contribution in [3.8, 4) is 0 Å². The van der Waals surface area contributed by atoms with Gasteiger partial charge in [-0.2, -0.15) is 0 Å². The molecular formula is C9H18Si. The molecular weight excluding hydrogens is 136 g/mol. The van der Waals surface area contributed by atoms with Crippen LogP contribution in [-0.2, 0) is 0 Å². The maximum atomic E-state index is 1.70. The Kier molecular flexibility index (Phi) is 1.85. The van der Waals surface area contributed by atoms with Gasteiger partial charge in [0.1, 0.15) is 0 Å². The van der Waals surface area contributed by atoms with Gasteiger partial charge in [0.05, 0.1) is 8.07 Å². The minimum Gasteiger partial charge on any atom is -0.0571 e. The Morgan fingerprint density at radius 3 is 1.40 bits per heavy atom. The standard InChI is InChI=1S/C9H18Si/c1-2-6-10(7-3-1)8-4-5-9-10/h1-9H2. The Labute approximate surface area is 65.0 Å². The summed E-state index contributed by atoms with van der Waals surface area (Å²) >= 11 is 0. The summed E-state index contributed by atoms with van der Waals surface area (Å²) in [5.74, 6) is 0. The molecule has 2 fully saturated rings. The normalized spacial score (nSPS) is 31.2. The first-order valence-electron chi connectivity index (χ1n) is 4.91. The molecule has 0 aromatic carbocycles. The Balaban J connectivity index is 1.98. The lowest BCUT2D eigenvalue weighted by atomic mass is 10.3. The largest absolute Gasteiger partial charge is 0.0571 e. The lowest BCUT2D eigenvalue weighted by Gasteiger charge is -2.30. The van der Waals surface area contributed by atoms with E-state index in [0.717, 1.165) is 0 Å². The smallest absolute Gasteiger partial charge is 0.0535 e. The van der Waals surface area contributed by atoms with Crippen molar-refractivity contribution in [1.82, 2.24) is 0 Å². The Hall–Kier alpha value is 0.217. The van der Waals surface area contributed by atoms with Gasteiger partial charge in [-0.05, 0) is 0 Å². The van der Waals surface area contributed by atoms with Gasteiger partial charge in [0.15, 0.2) is 0 Å². The molecule has 0 nitrogen and oxygen atoms in total. The molecule has 1 spiro atoms. The number of hydrogen-bond acceptors (Lipinski definition) is 0. The van der Waals surface area contributed by atoms with Crippen molar-refractivity contribution in [2.24, 2.45) is 0 Å². The highest BCUT2D eigenvalue weighted by molar-refractivity contribution is 6.80. The summed E-state index contributed by atoms with van der Waals surface area (Å²) in [5, 5.41) is 0. The fourth-order valence-electron chi connectivity index (χ4n) is 2.93. The minimum absolute atomic E-state index is 0.519. The van der Waals surface area contributed by atoms with Crippen molar-refractivity contribution in [3.63, 3.8) is 0 Å². The van der Waals surface area contributed by atoms with Gasteiger partial charge < -0.3 is 0 Å². The lowest BCUT2D eigenvalue weighted by molar-refractivity contribution is 0.707. The van der Waals surface area contributed by atoms with Crippen molar-refractivity contribution in [2.75, 3.05) is 0 Å². The predicted octanol–water partition coefficient (Wildman–Crippen LogP) is 3.41. The molecule has 0 aromatic heterocycles. The fourth-order valence-corrected chi connectivity index (χ4v) is 8.43. The molecule has 2 heterocycles. The van der Waals surface area contributed by atoms with Gasteiger partial charge in [0.25, 0.3) is 0 Å². The van der Waals surface area contributed by atoms with Gasteiger partial charge in [-0.1, -0.05) is 56.3 Å². The molecule has 10 heavy (non-hydrogen) atoms. The van der Waals surface area contributed by atoms with Gasteiger partial charge in [0, 0.05) is 0 Å². The first-order chi connectivity index (χ1) is 4.91. The van der Waals surface area contributed by atoms with Crippen LogP contribution in [0.25, 0.3) is 0 Å². The van der Waals surface area contributed by atoms with Crippen LogP contribution in [0.15, 0.2) is 0 Å². The van der Waals surface area contributed by atoms with E-state index in [-0.39, 0.29) is 0 Å². The van der Waals surface area contributed by atoms with Crippen molar-refractivity contribution in [1.29, 1.82) is 0 Å². The van der Waals surface area contributed by atoms with E-state index >= 15 is 0 Å². The number of rotatable bonds is 0. The SMILES string of the molecule is C1CC[Si]2(CC1)CCCC2. The molecule has 58 valence electrons. The summed E-state index contributed by atoms with van der Waals surface area (Å²) in [4.78, 5) is 0. The molecule has 0 N–H and O–H groups in total. The van der Waals surface area contributed by atoms with Crippen LogP contribution in [0.2, 0.25) is 24.2 Å². The van der Waals surface area contributed by atoms with Crippen molar-refractivity contribution < 1.29 is 0 Å². The zero-order valence-corrected chi connectivity index (χ0v) is 7.86. The monoisotopic (exact) mass is 154 g/mol. The van der Waals surface area contributed by atoms with E-state index in [9.17, 15) is 0 Å². The average Bonchev–Trinajstić information content (AvgIpc) is 2.39. The summed E-state index contributed by atoms with van der Waals surface area (Å²) in [6.07, 6.45) is 7.91. The predicted molar refractivity (Wildman–Crippen MR) is 48.1 cm³/mol. The molecule has 1 heteroatoms. The van der Waals surface area contributed by atoms with Crippen molar-refractivity contribution in [2.45, 2.75) is 56.3 Å². The molecule has 2 aliphatic heterocycles. The zero-order chi connectivity index (χ0) is 6.86. The van der Waals surface area contributed by atoms with Gasteiger partial charge in [-0.3, -0.25) is 0 Å². The summed E-state index contributed by atoms with van der Waals surface area (Å²) in [6.45, 7) is 0. The molecule has 2 saturated heterocycles. The number of hydrogen-bond donors (Lipinski definition) is 0. The van der Waals surface area contributed by atoms with Crippen LogP contribution in [0.5, 0.6) is 0 Å². The summed E-state index contributed by atoms with van der Waals surface area (Å²) in [6, 6.07) is 6.81. The maximum absolute atomic E-state index is 1.70. The first-order valence-corrected chi connectivity index (χ1v) is 7.74. The van der Waals surface area contributed by atoms with Gasteiger partial charge in [-0.15, -0.1) is 0 Å². The highest BCUT2D eigenvalue weighted by atomic mass is 28.3. The van der Waals surface area contributed by atoms with Crippen LogP contribution in [-0.4, -0.2) is 8.07 Å². The molecule has 0 amide bonds. The average molecular weight is 154 g/mol. The Morgan fingerprint density at radius 2 is 0.900 bits per heavy atom. The summed E-state index contributed by atoms with van der Waals surface area (Å²) in [7, 11) is -0.519. The van der Waals surface area contributed by atoms with Crippen LogP contribution >= 0.6 is 0 Å². The summed E-state index contributed by atoms with van der Waals surface area (Å²) < 4.78 is 0. The van der Waals surface area contributed by atoms with E-state index in [1.807, 2.05) is 0 Å². The zero-order valence-electron chi connectivity index (χ0n) is 6.86. The highest BCUT2D eigenvalue weighted by Crippen LogP contribution is 2.41. The molecule has 0 radical (unpaired) electrons. The van der Waals surface area contributed by atoms with E-state index in [1.165, 1.54) is 0 Å². The van der Waals surface area contributed by atoms with Gasteiger partial charge in [-0.25, -0.2) is 0 Å². The molecule has 0 aliphatic carbocycles. The molecule has 0 saturated carbocycles. The second-order valence-corrected chi connectivity index (χ2v) is 9.27. The third-order valence-corrected chi connectivity index (χ3v) is 9.24. The van der Waals surface area contributed by atoms with E-state index in [4.69, 9.17) is 0 Å². The Bertz CT molecular complexity index is 106. The quantitative estimate of drug-likeness (QED) is 0.469. The second-order valence-electron chi connectivity index (χ2n) is 4.27. The van der Waals surface area contributed by atoms with Crippen LogP contribution in [0.1, 0.15) is 32.1 Å². The van der Waals surface area contributed by atoms with Crippen molar-refractivity contribution in [3.05, 3.63) is 0 Å². The van der Waals surface area contributed by atoms with E-state index in [1.54, 1.807) is 56.3 Å². The lowest BCUT2D eigenvalue weighted by Crippen LogP contribution is -2.31. The topological polar surface area (TPSA) is 0 Å². The molecule has 2 aliphatic rings. The molecule has 0 unspecified atom stereocenters.